The molecular formula is C7H10INO3S. The molecule has 74 valence electrons. The van der Waals surface area contributed by atoms with Crippen molar-refractivity contribution in [2.24, 2.45) is 0 Å². The van der Waals surface area contributed by atoms with Crippen LogP contribution in [0.5, 0.6) is 0 Å². The molecule has 0 aliphatic carbocycles. The normalized spacial score (nSPS) is 10.0. The van der Waals surface area contributed by atoms with Gasteiger partial charge in [0.05, 0.1) is 5.75 Å². The molecule has 0 saturated carbocycles. The zero-order valence-electron chi connectivity index (χ0n) is 7.13. The summed E-state index contributed by atoms with van der Waals surface area (Å²) in [5, 5.41) is 2.47. The van der Waals surface area contributed by atoms with E-state index in [1.165, 1.54) is 6.26 Å². The lowest BCUT2D eigenvalue weighted by Gasteiger charge is -1.99. The quantitative estimate of drug-likeness (QED) is 0.449. The van der Waals surface area contributed by atoms with Crippen LogP contribution >= 0.6 is 22.6 Å². The predicted molar refractivity (Wildman–Crippen MR) is 59.1 cm³/mol. The first-order valence-corrected chi connectivity index (χ1v) is 6.67. The second kappa shape index (κ2) is 6.21. The van der Waals surface area contributed by atoms with Crippen molar-refractivity contribution in [2.45, 2.75) is 6.42 Å². The first kappa shape index (κ1) is 12.7. The first-order chi connectivity index (χ1) is 5.95. The number of hydrogen-bond donors (Lipinski definition) is 1. The van der Waals surface area contributed by atoms with E-state index in [2.05, 4.69) is 15.2 Å². The van der Waals surface area contributed by atoms with Gasteiger partial charge in [0.2, 0.25) is 0 Å². The molecule has 0 aromatic heterocycles. The Balaban J connectivity index is 3.57. The van der Waals surface area contributed by atoms with Gasteiger partial charge in [-0.1, -0.05) is 0 Å². The second-order valence-electron chi connectivity index (χ2n) is 2.46. The van der Waals surface area contributed by atoms with Gasteiger partial charge in [0, 0.05) is 41.3 Å². The Hall–Kier alpha value is -0.290. The van der Waals surface area contributed by atoms with Gasteiger partial charge in [-0.3, -0.25) is 4.79 Å². The second-order valence-corrected chi connectivity index (χ2v) is 5.26. The Bertz CT molecular complexity index is 325. The molecule has 6 heteroatoms. The van der Waals surface area contributed by atoms with Gasteiger partial charge in [0.15, 0.2) is 0 Å². The Morgan fingerprint density at radius 1 is 1.54 bits per heavy atom. The molecule has 0 bridgehead atoms. The highest BCUT2D eigenvalue weighted by molar-refractivity contribution is 14.1. The lowest BCUT2D eigenvalue weighted by atomic mass is 10.4. The molecule has 1 amide bonds. The summed E-state index contributed by atoms with van der Waals surface area (Å²) in [6.07, 6.45) is 1.59. The van der Waals surface area contributed by atoms with Gasteiger partial charge >= 0.3 is 0 Å². The molecule has 0 aliphatic rings. The third-order valence-electron chi connectivity index (χ3n) is 1.14. The lowest BCUT2D eigenvalue weighted by molar-refractivity contribution is -0.115. The average molecular weight is 315 g/mol. The molecule has 13 heavy (non-hydrogen) atoms. The van der Waals surface area contributed by atoms with Gasteiger partial charge in [-0.15, -0.1) is 0 Å². The zero-order valence-corrected chi connectivity index (χ0v) is 10.1. The standard InChI is InChI=1S/C7H10INO3S/c1-13(11,12)6-2-5-9-7(10)3-4-8/h2,5-6H2,1H3,(H,9,10). The highest BCUT2D eigenvalue weighted by atomic mass is 127. The van der Waals surface area contributed by atoms with Crippen molar-refractivity contribution in [3.05, 3.63) is 0 Å². The summed E-state index contributed by atoms with van der Waals surface area (Å²) < 4.78 is 23.7. The van der Waals surface area contributed by atoms with Crippen LogP contribution in [-0.4, -0.2) is 32.9 Å². The van der Waals surface area contributed by atoms with Gasteiger partial charge in [0.25, 0.3) is 5.91 Å². The summed E-state index contributed by atoms with van der Waals surface area (Å²) in [5.74, 6) is 2.00. The molecule has 0 aliphatic heterocycles. The van der Waals surface area contributed by atoms with Gasteiger partial charge in [-0.05, 0) is 10.3 Å². The molecule has 0 aromatic carbocycles. The maximum absolute atomic E-state index is 10.7. The van der Waals surface area contributed by atoms with E-state index in [1.54, 1.807) is 22.6 Å². The van der Waals surface area contributed by atoms with Crippen LogP contribution in [0.15, 0.2) is 0 Å². The van der Waals surface area contributed by atoms with E-state index >= 15 is 0 Å². The van der Waals surface area contributed by atoms with Crippen LogP contribution in [-0.2, 0) is 14.6 Å². The Morgan fingerprint density at radius 3 is 2.62 bits per heavy atom. The van der Waals surface area contributed by atoms with Crippen LogP contribution in [0, 0.1) is 9.85 Å². The predicted octanol–water partition coefficient (Wildman–Crippen LogP) is -0.0668. The molecule has 0 radical (unpaired) electrons. The van der Waals surface area contributed by atoms with Crippen LogP contribution in [0.1, 0.15) is 6.42 Å². The summed E-state index contributed by atoms with van der Waals surface area (Å²) in [6.45, 7) is 0.344. The third-order valence-corrected chi connectivity index (χ3v) is 2.44. The minimum Gasteiger partial charge on any atom is -0.345 e. The van der Waals surface area contributed by atoms with E-state index < -0.39 is 9.84 Å². The molecule has 0 unspecified atom stereocenters. The van der Waals surface area contributed by atoms with Gasteiger partial charge in [-0.2, -0.15) is 0 Å². The number of sulfone groups is 1. The zero-order chi connectivity index (χ0) is 10.3. The van der Waals surface area contributed by atoms with E-state index in [4.69, 9.17) is 0 Å². The molecule has 4 nitrogen and oxygen atoms in total. The minimum absolute atomic E-state index is 0.0882. The Labute approximate surface area is 91.5 Å². The van der Waals surface area contributed by atoms with Crippen molar-refractivity contribution >= 4 is 38.3 Å². The van der Waals surface area contributed by atoms with E-state index in [9.17, 15) is 13.2 Å². The monoisotopic (exact) mass is 315 g/mol. The van der Waals surface area contributed by atoms with E-state index in [0.29, 0.717) is 13.0 Å². The molecule has 0 atom stereocenters. The summed E-state index contributed by atoms with van der Waals surface area (Å²) in [7, 11) is -2.92. The Kier molecular flexibility index (Phi) is 6.07. The first-order valence-electron chi connectivity index (χ1n) is 3.53. The van der Waals surface area contributed by atoms with Gasteiger partial charge < -0.3 is 5.32 Å². The lowest BCUT2D eigenvalue weighted by Crippen LogP contribution is -2.24. The Morgan fingerprint density at radius 2 is 2.15 bits per heavy atom. The van der Waals surface area contributed by atoms with Crippen molar-refractivity contribution in [3.8, 4) is 9.85 Å². The summed E-state index contributed by atoms with van der Waals surface area (Å²) in [4.78, 5) is 10.7. The number of hydrogen-bond acceptors (Lipinski definition) is 3. The largest absolute Gasteiger partial charge is 0.345 e. The van der Waals surface area contributed by atoms with Crippen molar-refractivity contribution < 1.29 is 13.2 Å². The molecular weight excluding hydrogens is 305 g/mol. The molecule has 0 heterocycles. The molecule has 0 saturated heterocycles. The molecule has 0 aromatic rings. The van der Waals surface area contributed by atoms with Gasteiger partial charge in [0.1, 0.15) is 9.84 Å². The van der Waals surface area contributed by atoms with Crippen molar-refractivity contribution in [3.63, 3.8) is 0 Å². The minimum atomic E-state index is -2.92. The number of carbonyl (C=O) groups is 1. The number of carbonyl (C=O) groups excluding carboxylic acids is 1. The van der Waals surface area contributed by atoms with Crippen LogP contribution in [0.25, 0.3) is 0 Å². The van der Waals surface area contributed by atoms with Crippen molar-refractivity contribution in [1.29, 1.82) is 0 Å². The van der Waals surface area contributed by atoms with Crippen molar-refractivity contribution in [2.75, 3.05) is 18.6 Å². The van der Waals surface area contributed by atoms with E-state index in [0.717, 1.165) is 0 Å². The topological polar surface area (TPSA) is 63.2 Å². The smallest absolute Gasteiger partial charge is 0.296 e. The van der Waals surface area contributed by atoms with Crippen molar-refractivity contribution in [1.82, 2.24) is 5.32 Å². The fourth-order valence-corrected chi connectivity index (χ4v) is 1.54. The van der Waals surface area contributed by atoms with Gasteiger partial charge in [-0.25, -0.2) is 8.42 Å². The highest BCUT2D eigenvalue weighted by Crippen LogP contribution is 1.86. The molecule has 0 spiro atoms. The van der Waals surface area contributed by atoms with E-state index in [-0.39, 0.29) is 11.7 Å². The number of halogens is 1. The van der Waals surface area contributed by atoms with Crippen LogP contribution in [0.3, 0.4) is 0 Å². The fraction of sp³-hybridized carbons (Fsp3) is 0.571. The molecule has 1 N–H and O–H groups in total. The summed E-state index contributed by atoms with van der Waals surface area (Å²) in [6, 6.07) is 0. The summed E-state index contributed by atoms with van der Waals surface area (Å²) in [5.41, 5.74) is 0. The highest BCUT2D eigenvalue weighted by Gasteiger charge is 2.01. The van der Waals surface area contributed by atoms with Crippen LogP contribution in [0.4, 0.5) is 0 Å². The maximum atomic E-state index is 10.7. The van der Waals surface area contributed by atoms with Crippen LogP contribution in [0.2, 0.25) is 0 Å². The fourth-order valence-electron chi connectivity index (χ4n) is 0.623. The van der Waals surface area contributed by atoms with Crippen LogP contribution < -0.4 is 5.32 Å². The number of rotatable bonds is 4. The SMILES string of the molecule is CS(=O)(=O)CCCNC(=O)C#CI. The number of nitrogens with one attached hydrogen (secondary N) is 1. The maximum Gasteiger partial charge on any atom is 0.296 e. The summed E-state index contributed by atoms with van der Waals surface area (Å²) >= 11 is 1.76. The van der Waals surface area contributed by atoms with E-state index in [1.807, 2.05) is 0 Å². The number of amides is 1. The third kappa shape index (κ3) is 9.63. The average Bonchev–Trinajstić information content (AvgIpc) is 1.97. The molecule has 0 fully saturated rings. The molecule has 0 rings (SSSR count).